The quantitative estimate of drug-likeness (QED) is 0.128. The number of benzene rings is 3. The lowest BCUT2D eigenvalue weighted by molar-refractivity contribution is 0.104. The highest BCUT2D eigenvalue weighted by Crippen LogP contribution is 2.15. The van der Waals surface area contributed by atoms with Crippen LogP contribution in [0.5, 0.6) is 0 Å². The minimum atomic E-state index is 0.0446. The number of unbranched alkanes of at least 4 members (excludes halogenated alkanes) is 7. The molecule has 3 aromatic rings. The van der Waals surface area contributed by atoms with Crippen molar-refractivity contribution in [3.63, 3.8) is 0 Å². The van der Waals surface area contributed by atoms with Crippen LogP contribution in [0.15, 0.2) is 91.5 Å². The molecule has 0 aromatic heterocycles. The molecule has 0 bridgehead atoms. The molecule has 0 heterocycles. The molecule has 0 aliphatic rings. The lowest BCUT2D eigenvalue weighted by atomic mass is 10.0. The fraction of sp³-hybridized carbons (Fsp3) is 0.303. The zero-order valence-electron chi connectivity index (χ0n) is 20.4. The van der Waals surface area contributed by atoms with E-state index in [-0.39, 0.29) is 5.78 Å². The Kier molecular flexibility index (Phi) is 11.1. The van der Waals surface area contributed by atoms with Gasteiger partial charge in [-0.15, -0.1) is 0 Å². The largest absolute Gasteiger partial charge is 0.289 e. The van der Waals surface area contributed by atoms with Gasteiger partial charge < -0.3 is 0 Å². The molecule has 0 aliphatic heterocycles. The van der Waals surface area contributed by atoms with Crippen LogP contribution in [0.4, 0.5) is 0 Å². The van der Waals surface area contributed by atoms with E-state index in [1.54, 1.807) is 6.08 Å². The molecule has 0 N–H and O–H groups in total. The molecular weight excluding hydrogens is 412 g/mol. The molecule has 3 aromatic carbocycles. The molecule has 0 radical (unpaired) electrons. The van der Waals surface area contributed by atoms with E-state index >= 15 is 0 Å². The lowest BCUT2D eigenvalue weighted by Crippen LogP contribution is -1.92. The molecule has 34 heavy (non-hydrogen) atoms. The molecule has 0 amide bonds. The van der Waals surface area contributed by atoms with Crippen molar-refractivity contribution in [1.82, 2.24) is 0 Å². The minimum absolute atomic E-state index is 0.0446. The van der Waals surface area contributed by atoms with Gasteiger partial charge in [0.15, 0.2) is 5.78 Å². The molecule has 0 saturated heterocycles. The SMILES string of the molecule is C=Cc1ccc(CCCCCCCCCCc2ccc(C=CC(=O)c3ccccc3)cc2)cc1. The van der Waals surface area contributed by atoms with Gasteiger partial charge in [0.1, 0.15) is 0 Å². The summed E-state index contributed by atoms with van der Waals surface area (Å²) in [5, 5.41) is 0. The normalized spacial score (nSPS) is 11.1. The van der Waals surface area contributed by atoms with Crippen LogP contribution in [0.25, 0.3) is 12.2 Å². The maximum Gasteiger partial charge on any atom is 0.185 e. The van der Waals surface area contributed by atoms with E-state index in [0.29, 0.717) is 0 Å². The number of rotatable bonds is 15. The van der Waals surface area contributed by atoms with Crippen molar-refractivity contribution in [1.29, 1.82) is 0 Å². The first-order valence-electron chi connectivity index (χ1n) is 12.8. The monoisotopic (exact) mass is 450 g/mol. The number of hydrogen-bond donors (Lipinski definition) is 0. The van der Waals surface area contributed by atoms with Gasteiger partial charge in [0.25, 0.3) is 0 Å². The maximum absolute atomic E-state index is 12.2. The number of hydrogen-bond acceptors (Lipinski definition) is 1. The predicted molar refractivity (Wildman–Crippen MR) is 147 cm³/mol. The smallest absolute Gasteiger partial charge is 0.185 e. The average Bonchev–Trinajstić information content (AvgIpc) is 2.90. The maximum atomic E-state index is 12.2. The number of ketones is 1. The predicted octanol–water partition coefficient (Wildman–Crippen LogP) is 9.13. The van der Waals surface area contributed by atoms with Crippen LogP contribution in [-0.2, 0) is 12.8 Å². The molecule has 0 atom stereocenters. The molecule has 0 fully saturated rings. The van der Waals surface area contributed by atoms with E-state index < -0.39 is 0 Å². The van der Waals surface area contributed by atoms with Gasteiger partial charge in [-0.3, -0.25) is 4.79 Å². The number of aryl methyl sites for hydroxylation is 2. The molecule has 1 heteroatoms. The summed E-state index contributed by atoms with van der Waals surface area (Å²) in [5.41, 5.74) is 5.82. The minimum Gasteiger partial charge on any atom is -0.289 e. The highest BCUT2D eigenvalue weighted by Gasteiger charge is 2.00. The van der Waals surface area contributed by atoms with Crippen molar-refractivity contribution < 1.29 is 4.79 Å². The van der Waals surface area contributed by atoms with Gasteiger partial charge in [0.2, 0.25) is 0 Å². The van der Waals surface area contributed by atoms with Crippen LogP contribution in [0.3, 0.4) is 0 Å². The topological polar surface area (TPSA) is 17.1 Å². The van der Waals surface area contributed by atoms with Crippen molar-refractivity contribution in [3.05, 3.63) is 119 Å². The fourth-order valence-electron chi connectivity index (χ4n) is 4.21. The zero-order chi connectivity index (χ0) is 23.8. The second-order valence-electron chi connectivity index (χ2n) is 9.08. The Hall–Kier alpha value is -3.19. The molecule has 0 aliphatic carbocycles. The summed E-state index contributed by atoms with van der Waals surface area (Å²) in [6, 6.07) is 26.8. The summed E-state index contributed by atoms with van der Waals surface area (Å²) in [4.78, 5) is 12.2. The standard InChI is InChI=1S/C33H38O/c1-2-28-18-20-29(21-19-28)14-10-7-5-3-4-6-8-11-15-30-22-24-31(25-23-30)26-27-33(34)32-16-12-9-13-17-32/h2,9,12-13,16-27H,1,3-8,10-11,14-15H2. The summed E-state index contributed by atoms with van der Waals surface area (Å²) >= 11 is 0. The van der Waals surface area contributed by atoms with Gasteiger partial charge in [-0.25, -0.2) is 0 Å². The van der Waals surface area contributed by atoms with Crippen LogP contribution in [0.1, 0.15) is 84.0 Å². The van der Waals surface area contributed by atoms with Crippen molar-refractivity contribution >= 4 is 17.9 Å². The third-order valence-electron chi connectivity index (χ3n) is 6.36. The Morgan fingerprint density at radius 1 is 0.588 bits per heavy atom. The zero-order valence-corrected chi connectivity index (χ0v) is 20.4. The van der Waals surface area contributed by atoms with E-state index in [9.17, 15) is 4.79 Å². The van der Waals surface area contributed by atoms with Gasteiger partial charge in [-0.05, 0) is 54.0 Å². The van der Waals surface area contributed by atoms with Gasteiger partial charge in [-0.1, -0.05) is 136 Å². The van der Waals surface area contributed by atoms with Crippen molar-refractivity contribution in [2.75, 3.05) is 0 Å². The first kappa shape index (κ1) is 25.4. The van der Waals surface area contributed by atoms with E-state index in [1.165, 1.54) is 74.5 Å². The molecule has 1 nitrogen and oxygen atoms in total. The molecular formula is C33H38O. The fourth-order valence-corrected chi connectivity index (χ4v) is 4.21. The van der Waals surface area contributed by atoms with Crippen molar-refractivity contribution in [2.45, 2.75) is 64.2 Å². The van der Waals surface area contributed by atoms with Crippen LogP contribution < -0.4 is 0 Å². The highest BCUT2D eigenvalue weighted by atomic mass is 16.1. The Bertz CT molecular complexity index is 1010. The van der Waals surface area contributed by atoms with Gasteiger partial charge >= 0.3 is 0 Å². The number of carbonyl (C=O) groups is 1. The van der Waals surface area contributed by atoms with Crippen molar-refractivity contribution in [3.8, 4) is 0 Å². The van der Waals surface area contributed by atoms with Gasteiger partial charge in [-0.2, -0.15) is 0 Å². The first-order chi connectivity index (χ1) is 16.7. The van der Waals surface area contributed by atoms with E-state index in [2.05, 4.69) is 55.1 Å². The molecule has 176 valence electrons. The summed E-state index contributed by atoms with van der Waals surface area (Å²) < 4.78 is 0. The van der Waals surface area contributed by atoms with Crippen molar-refractivity contribution in [2.24, 2.45) is 0 Å². The Morgan fingerprint density at radius 3 is 1.56 bits per heavy atom. The highest BCUT2D eigenvalue weighted by molar-refractivity contribution is 6.06. The van der Waals surface area contributed by atoms with Gasteiger partial charge in [0.05, 0.1) is 0 Å². The van der Waals surface area contributed by atoms with Gasteiger partial charge in [0, 0.05) is 5.56 Å². The van der Waals surface area contributed by atoms with E-state index in [1.807, 2.05) is 42.5 Å². The van der Waals surface area contributed by atoms with Crippen LogP contribution in [0, 0.1) is 0 Å². The second-order valence-corrected chi connectivity index (χ2v) is 9.08. The molecule has 3 rings (SSSR count). The Labute approximate surface area is 206 Å². The van der Waals surface area contributed by atoms with Crippen LogP contribution in [0.2, 0.25) is 0 Å². The summed E-state index contributed by atoms with van der Waals surface area (Å²) in [6.45, 7) is 3.81. The molecule has 0 unspecified atom stereocenters. The Balaban J connectivity index is 1.21. The second kappa shape index (κ2) is 14.9. The molecule has 0 spiro atoms. The average molecular weight is 451 g/mol. The Morgan fingerprint density at radius 2 is 1.06 bits per heavy atom. The first-order valence-corrected chi connectivity index (χ1v) is 12.8. The number of carbonyl (C=O) groups excluding carboxylic acids is 1. The van der Waals surface area contributed by atoms with Crippen LogP contribution >= 0.6 is 0 Å². The summed E-state index contributed by atoms with van der Waals surface area (Å²) in [5.74, 6) is 0.0446. The molecule has 0 saturated carbocycles. The van der Waals surface area contributed by atoms with Crippen LogP contribution in [-0.4, -0.2) is 5.78 Å². The summed E-state index contributed by atoms with van der Waals surface area (Å²) in [6.07, 6.45) is 18.4. The third kappa shape index (κ3) is 9.35. The number of allylic oxidation sites excluding steroid dienone is 1. The summed E-state index contributed by atoms with van der Waals surface area (Å²) in [7, 11) is 0. The van der Waals surface area contributed by atoms with E-state index in [4.69, 9.17) is 0 Å². The lowest BCUT2D eigenvalue weighted by Gasteiger charge is -2.04. The third-order valence-corrected chi connectivity index (χ3v) is 6.36. The van der Waals surface area contributed by atoms with E-state index in [0.717, 1.165) is 17.5 Å².